The molecule has 8 heteroatoms. The summed E-state index contributed by atoms with van der Waals surface area (Å²) in [7, 11) is 0. The van der Waals surface area contributed by atoms with Crippen LogP contribution in [0.4, 0.5) is 4.79 Å². The number of ether oxygens (including phenoxy) is 2. The standard InChI is InChI=1S/C14H20ClN3O4/c1-5-21-12(19)10-11(15)18-7-6-17(8-9(18)16-10)13(20)22-14(2,3)4/h5-8H2,1-4H3. The molecule has 1 aromatic rings. The number of esters is 1. The number of hydrogen-bond acceptors (Lipinski definition) is 5. The van der Waals surface area contributed by atoms with Crippen molar-refractivity contribution in [2.45, 2.75) is 46.4 Å². The lowest BCUT2D eigenvalue weighted by molar-refractivity contribution is 0.0195. The Bertz CT molecular complexity index is 592. The molecule has 0 bridgehead atoms. The van der Waals surface area contributed by atoms with Gasteiger partial charge >= 0.3 is 12.1 Å². The van der Waals surface area contributed by atoms with E-state index >= 15 is 0 Å². The molecule has 2 rings (SSSR count). The van der Waals surface area contributed by atoms with Crippen molar-refractivity contribution in [1.82, 2.24) is 14.5 Å². The monoisotopic (exact) mass is 329 g/mol. The molecule has 0 N–H and O–H groups in total. The van der Waals surface area contributed by atoms with Crippen molar-refractivity contribution < 1.29 is 19.1 Å². The molecule has 122 valence electrons. The van der Waals surface area contributed by atoms with Crippen LogP contribution in [0.2, 0.25) is 5.15 Å². The van der Waals surface area contributed by atoms with Crippen LogP contribution in [0, 0.1) is 0 Å². The minimum Gasteiger partial charge on any atom is -0.461 e. The number of aromatic nitrogens is 2. The van der Waals surface area contributed by atoms with Crippen LogP contribution in [-0.2, 0) is 22.6 Å². The van der Waals surface area contributed by atoms with Gasteiger partial charge in [-0.25, -0.2) is 14.6 Å². The van der Waals surface area contributed by atoms with Gasteiger partial charge in [0.15, 0.2) is 5.69 Å². The van der Waals surface area contributed by atoms with Gasteiger partial charge in [0.1, 0.15) is 16.6 Å². The summed E-state index contributed by atoms with van der Waals surface area (Å²) in [5.74, 6) is -0.0108. The number of amides is 1. The Labute approximate surface area is 134 Å². The summed E-state index contributed by atoms with van der Waals surface area (Å²) in [6, 6.07) is 0. The van der Waals surface area contributed by atoms with Crippen LogP contribution < -0.4 is 0 Å². The summed E-state index contributed by atoms with van der Waals surface area (Å²) in [6.07, 6.45) is -0.407. The molecule has 0 spiro atoms. The molecule has 1 aromatic heterocycles. The van der Waals surface area contributed by atoms with Crippen molar-refractivity contribution in [3.05, 3.63) is 16.7 Å². The fraction of sp³-hybridized carbons (Fsp3) is 0.643. The first-order valence-electron chi connectivity index (χ1n) is 7.13. The second-order valence-corrected chi connectivity index (χ2v) is 6.30. The third-order valence-electron chi connectivity index (χ3n) is 3.03. The largest absolute Gasteiger partial charge is 0.461 e. The van der Waals surface area contributed by atoms with Crippen LogP contribution in [0.3, 0.4) is 0 Å². The Morgan fingerprint density at radius 2 is 2.00 bits per heavy atom. The van der Waals surface area contributed by atoms with E-state index in [4.69, 9.17) is 21.1 Å². The SMILES string of the molecule is CCOC(=O)c1nc2n(c1Cl)CCN(C(=O)OC(C)(C)C)C2. The van der Waals surface area contributed by atoms with E-state index in [2.05, 4.69) is 4.98 Å². The van der Waals surface area contributed by atoms with Crippen molar-refractivity contribution in [3.63, 3.8) is 0 Å². The summed E-state index contributed by atoms with van der Waals surface area (Å²) < 4.78 is 12.0. The fourth-order valence-electron chi connectivity index (χ4n) is 2.11. The average Bonchev–Trinajstić information content (AvgIpc) is 2.74. The lowest BCUT2D eigenvalue weighted by atomic mass is 10.2. The van der Waals surface area contributed by atoms with Gasteiger partial charge in [-0.15, -0.1) is 0 Å². The van der Waals surface area contributed by atoms with Crippen molar-refractivity contribution in [3.8, 4) is 0 Å². The molecule has 2 heterocycles. The quantitative estimate of drug-likeness (QED) is 0.779. The van der Waals surface area contributed by atoms with E-state index in [1.165, 1.54) is 0 Å². The molecule has 0 aliphatic carbocycles. The third kappa shape index (κ3) is 3.52. The number of halogens is 1. The van der Waals surface area contributed by atoms with Crippen LogP contribution in [0.25, 0.3) is 0 Å². The van der Waals surface area contributed by atoms with Gasteiger partial charge in [-0.2, -0.15) is 0 Å². The molecule has 0 unspecified atom stereocenters. The molecule has 22 heavy (non-hydrogen) atoms. The number of rotatable bonds is 2. The van der Waals surface area contributed by atoms with Gasteiger partial charge in [-0.1, -0.05) is 11.6 Å². The number of hydrogen-bond donors (Lipinski definition) is 0. The fourth-order valence-corrected chi connectivity index (χ4v) is 2.41. The Balaban J connectivity index is 2.16. The molecular formula is C14H20ClN3O4. The van der Waals surface area contributed by atoms with Crippen LogP contribution >= 0.6 is 11.6 Å². The first kappa shape index (κ1) is 16.6. The number of nitrogens with zero attached hydrogens (tertiary/aromatic N) is 3. The smallest absolute Gasteiger partial charge is 0.410 e. The number of carbonyl (C=O) groups is 2. The van der Waals surface area contributed by atoms with Gasteiger partial charge in [-0.05, 0) is 27.7 Å². The first-order valence-corrected chi connectivity index (χ1v) is 7.50. The van der Waals surface area contributed by atoms with Crippen LogP contribution in [-0.4, -0.2) is 45.3 Å². The lowest BCUT2D eigenvalue weighted by Gasteiger charge is -2.30. The van der Waals surface area contributed by atoms with Gasteiger partial charge in [0, 0.05) is 13.1 Å². The molecule has 0 saturated carbocycles. The average molecular weight is 330 g/mol. The highest BCUT2D eigenvalue weighted by Crippen LogP contribution is 2.24. The number of imidazole rings is 1. The van der Waals surface area contributed by atoms with Crippen molar-refractivity contribution in [1.29, 1.82) is 0 Å². The molecule has 0 atom stereocenters. The minimum atomic E-state index is -0.558. The maximum atomic E-state index is 12.1. The van der Waals surface area contributed by atoms with Gasteiger partial charge in [0.05, 0.1) is 13.2 Å². The van der Waals surface area contributed by atoms with Gasteiger partial charge < -0.3 is 14.0 Å². The highest BCUT2D eigenvalue weighted by atomic mass is 35.5. The molecule has 1 aliphatic rings. The maximum Gasteiger partial charge on any atom is 0.410 e. The molecule has 0 saturated heterocycles. The van der Waals surface area contributed by atoms with Gasteiger partial charge in [0.25, 0.3) is 0 Å². The normalized spacial score (nSPS) is 14.5. The van der Waals surface area contributed by atoms with E-state index in [9.17, 15) is 9.59 Å². The zero-order valence-electron chi connectivity index (χ0n) is 13.2. The molecule has 1 amide bonds. The highest BCUT2D eigenvalue weighted by molar-refractivity contribution is 6.32. The summed E-state index contributed by atoms with van der Waals surface area (Å²) in [6.45, 7) is 8.55. The second-order valence-electron chi connectivity index (χ2n) is 5.94. The van der Waals surface area contributed by atoms with E-state index in [-0.39, 0.29) is 24.0 Å². The summed E-state index contributed by atoms with van der Waals surface area (Å²) >= 11 is 6.17. The van der Waals surface area contributed by atoms with E-state index in [0.29, 0.717) is 18.9 Å². The third-order valence-corrected chi connectivity index (χ3v) is 3.41. The molecule has 0 radical (unpaired) electrons. The Kier molecular flexibility index (Phi) is 4.65. The van der Waals surface area contributed by atoms with Crippen molar-refractivity contribution >= 4 is 23.7 Å². The van der Waals surface area contributed by atoms with Gasteiger partial charge in [-0.3, -0.25) is 4.90 Å². The second kappa shape index (κ2) is 6.16. The summed E-state index contributed by atoms with van der Waals surface area (Å²) in [4.78, 5) is 29.6. The Hall–Kier alpha value is -1.76. The minimum absolute atomic E-state index is 0.0876. The summed E-state index contributed by atoms with van der Waals surface area (Å²) in [5.41, 5.74) is -0.470. The highest BCUT2D eigenvalue weighted by Gasteiger charge is 2.30. The Morgan fingerprint density at radius 1 is 1.32 bits per heavy atom. The summed E-state index contributed by atoms with van der Waals surface area (Å²) in [5, 5.41) is 0.247. The molecule has 7 nitrogen and oxygen atoms in total. The van der Waals surface area contributed by atoms with E-state index in [0.717, 1.165) is 0 Å². The predicted molar refractivity (Wildman–Crippen MR) is 79.8 cm³/mol. The van der Waals surface area contributed by atoms with Crippen LogP contribution in [0.5, 0.6) is 0 Å². The molecule has 0 aromatic carbocycles. The van der Waals surface area contributed by atoms with Crippen LogP contribution in [0.1, 0.15) is 44.0 Å². The number of fused-ring (bicyclic) bond motifs is 1. The zero-order chi connectivity index (χ0) is 16.5. The Morgan fingerprint density at radius 3 is 2.59 bits per heavy atom. The van der Waals surface area contributed by atoms with Crippen LogP contribution in [0.15, 0.2) is 0 Å². The van der Waals surface area contributed by atoms with E-state index in [1.54, 1.807) is 16.4 Å². The predicted octanol–water partition coefficient (Wildman–Crippen LogP) is 2.46. The molecular weight excluding hydrogens is 310 g/mol. The maximum absolute atomic E-state index is 12.1. The van der Waals surface area contributed by atoms with Gasteiger partial charge in [0.2, 0.25) is 0 Å². The molecule has 0 fully saturated rings. The number of carbonyl (C=O) groups excluding carboxylic acids is 2. The van der Waals surface area contributed by atoms with Crippen molar-refractivity contribution in [2.24, 2.45) is 0 Å². The topological polar surface area (TPSA) is 73.7 Å². The van der Waals surface area contributed by atoms with Crippen molar-refractivity contribution in [2.75, 3.05) is 13.2 Å². The van der Waals surface area contributed by atoms with E-state index in [1.807, 2.05) is 20.8 Å². The first-order chi connectivity index (χ1) is 10.2. The van der Waals surface area contributed by atoms with E-state index < -0.39 is 17.7 Å². The zero-order valence-corrected chi connectivity index (χ0v) is 13.9. The molecule has 1 aliphatic heterocycles. The lowest BCUT2D eigenvalue weighted by Crippen LogP contribution is -2.41.